The molecule has 0 saturated heterocycles. The molecule has 12 nitrogen and oxygen atoms in total. The molecule has 0 aliphatic heterocycles. The molecule has 0 bridgehead atoms. The fourth-order valence-corrected chi connectivity index (χ4v) is 12.0. The van der Waals surface area contributed by atoms with Crippen molar-refractivity contribution in [1.29, 1.82) is 0 Å². The number of hydrogen-bond donors (Lipinski definition) is 0. The van der Waals surface area contributed by atoms with Gasteiger partial charge in [-0.15, -0.1) is 0 Å². The SMILES string of the molecule is C[Si](C)(C)CCOCN(COCC[Si](C)(C)C)c1cc(CC2CCCCC2)nc2c(I)cnn12.C[Si](C)(C)CCOCN(COCC[Si](C)(C)C)c1cc(CC2CCCCC2)nc2ccnn12. The summed E-state index contributed by atoms with van der Waals surface area (Å²) >= 11 is 2.35. The van der Waals surface area contributed by atoms with E-state index < -0.39 is 32.3 Å². The third-order valence-corrected chi connectivity index (χ3v) is 20.5. The van der Waals surface area contributed by atoms with E-state index in [-0.39, 0.29) is 0 Å². The molecule has 0 aromatic carbocycles. The minimum absolute atomic E-state index is 0.510. The number of anilines is 2. The van der Waals surface area contributed by atoms with Crippen LogP contribution in [-0.4, -0.2) is 115 Å². The summed E-state index contributed by atoms with van der Waals surface area (Å²) in [5.74, 6) is 3.54. The Morgan fingerprint density at radius 3 is 1.33 bits per heavy atom. The number of hydrogen-bond acceptors (Lipinski definition) is 10. The van der Waals surface area contributed by atoms with E-state index >= 15 is 0 Å². The van der Waals surface area contributed by atoms with E-state index in [0.717, 1.165) is 102 Å². The Labute approximate surface area is 423 Å². The average molecular weight is 1110 g/mol. The van der Waals surface area contributed by atoms with Crippen molar-refractivity contribution in [2.24, 2.45) is 11.8 Å². The Kier molecular flexibility index (Phi) is 22.3. The molecule has 0 amide bonds. The van der Waals surface area contributed by atoms with Gasteiger partial charge in [0.1, 0.15) is 38.6 Å². The maximum atomic E-state index is 6.20. The Morgan fingerprint density at radius 1 is 0.537 bits per heavy atom. The number of ether oxygens (including phenoxy) is 4. The van der Waals surface area contributed by atoms with Gasteiger partial charge in [0.05, 0.1) is 16.0 Å². The molecular formula is C50H91IN8O4Si4. The van der Waals surface area contributed by atoms with Crippen molar-refractivity contribution in [2.75, 3.05) is 63.2 Å². The predicted molar refractivity (Wildman–Crippen MR) is 300 cm³/mol. The molecule has 0 N–H and O–H groups in total. The monoisotopic (exact) mass is 1110 g/mol. The molecule has 378 valence electrons. The summed E-state index contributed by atoms with van der Waals surface area (Å²) in [5.41, 5.74) is 4.19. The summed E-state index contributed by atoms with van der Waals surface area (Å²) in [7, 11) is -4.52. The fourth-order valence-electron chi connectivity index (χ4n) is 8.50. The van der Waals surface area contributed by atoms with Crippen LogP contribution in [0.3, 0.4) is 0 Å². The zero-order chi connectivity index (χ0) is 48.7. The van der Waals surface area contributed by atoms with Crippen molar-refractivity contribution in [3.63, 3.8) is 0 Å². The first kappa shape index (κ1) is 56.2. The number of halogens is 1. The van der Waals surface area contributed by atoms with E-state index in [9.17, 15) is 0 Å². The topological polar surface area (TPSA) is 104 Å². The molecule has 0 atom stereocenters. The third-order valence-electron chi connectivity index (χ3n) is 12.9. The van der Waals surface area contributed by atoms with Gasteiger partial charge in [-0.05, 0) is 71.4 Å². The minimum atomic E-state index is -1.13. The molecule has 2 saturated carbocycles. The standard InChI is InChI=1S/C25H45IN4O2Si2.C25H46N4O2Si2/c1-33(2,3)14-12-31-19-29(20-32-13-15-34(4,5)6)24-17-22(16-21-10-8-7-9-11-21)28-25-23(26)18-27-30(24)25;1-32(2,3)16-14-30-20-28(21-31-15-17-33(4,5)6)25-19-23(18-22-10-8-7-9-11-22)27-24-12-13-26-29(24)25/h17-18,21H,7-16,19-20H2,1-6H3;12-13,19,22H,7-11,14-18,20-21H2,1-6H3. The minimum Gasteiger partial charge on any atom is -0.361 e. The van der Waals surface area contributed by atoms with Crippen LogP contribution in [0.2, 0.25) is 103 Å². The van der Waals surface area contributed by atoms with Crippen LogP contribution >= 0.6 is 22.6 Å². The Hall–Kier alpha value is -1.72. The molecule has 4 aromatic heterocycles. The molecular weight excluding hydrogens is 1020 g/mol. The van der Waals surface area contributed by atoms with Gasteiger partial charge in [-0.3, -0.25) is 0 Å². The lowest BCUT2D eigenvalue weighted by molar-refractivity contribution is 0.0940. The van der Waals surface area contributed by atoms with Gasteiger partial charge in [-0.2, -0.15) is 19.2 Å². The van der Waals surface area contributed by atoms with E-state index in [4.69, 9.17) is 28.9 Å². The van der Waals surface area contributed by atoms with Crippen LogP contribution in [0.5, 0.6) is 0 Å². The molecule has 6 rings (SSSR count). The van der Waals surface area contributed by atoms with E-state index in [1.54, 1.807) is 0 Å². The number of fused-ring (bicyclic) bond motifs is 2. The number of aromatic nitrogens is 6. The van der Waals surface area contributed by atoms with Crippen LogP contribution in [0.15, 0.2) is 30.6 Å². The van der Waals surface area contributed by atoms with Crippen molar-refractivity contribution in [3.8, 4) is 0 Å². The Morgan fingerprint density at radius 2 is 0.925 bits per heavy atom. The number of rotatable bonds is 26. The maximum absolute atomic E-state index is 6.20. The number of nitrogens with zero attached hydrogens (tertiary/aromatic N) is 8. The second-order valence-corrected chi connectivity index (χ2v) is 48.1. The van der Waals surface area contributed by atoms with Crippen LogP contribution in [-0.2, 0) is 31.8 Å². The van der Waals surface area contributed by atoms with Gasteiger partial charge in [0, 0.05) is 88.3 Å². The molecule has 4 aromatic rings. The molecule has 4 heterocycles. The highest BCUT2D eigenvalue weighted by molar-refractivity contribution is 14.1. The molecule has 0 spiro atoms. The highest BCUT2D eigenvalue weighted by atomic mass is 127. The zero-order valence-corrected chi connectivity index (χ0v) is 50.3. The molecule has 0 radical (unpaired) electrons. The first-order valence-corrected chi connectivity index (χ1v) is 41.7. The van der Waals surface area contributed by atoms with Gasteiger partial charge >= 0.3 is 0 Å². The lowest BCUT2D eigenvalue weighted by Gasteiger charge is -2.27. The fraction of sp³-hybridized carbons (Fsp3) is 0.760. The molecule has 2 aliphatic rings. The van der Waals surface area contributed by atoms with Gasteiger partial charge in [-0.1, -0.05) is 143 Å². The van der Waals surface area contributed by atoms with E-state index in [0.29, 0.717) is 26.9 Å². The van der Waals surface area contributed by atoms with Crippen molar-refractivity contribution < 1.29 is 18.9 Å². The van der Waals surface area contributed by atoms with Gasteiger partial charge in [0.2, 0.25) is 0 Å². The summed E-state index contributed by atoms with van der Waals surface area (Å²) in [6.45, 7) is 33.9. The largest absolute Gasteiger partial charge is 0.361 e. The molecule has 17 heteroatoms. The van der Waals surface area contributed by atoms with Gasteiger partial charge in [0.15, 0.2) is 11.3 Å². The quantitative estimate of drug-likeness (QED) is 0.0261. The van der Waals surface area contributed by atoms with Crippen LogP contribution in [0, 0.1) is 15.4 Å². The van der Waals surface area contributed by atoms with Crippen molar-refractivity contribution in [1.82, 2.24) is 29.2 Å². The summed E-state index contributed by atoms with van der Waals surface area (Å²) in [6, 6.07) is 11.1. The van der Waals surface area contributed by atoms with Gasteiger partial charge < -0.3 is 28.7 Å². The lowest BCUT2D eigenvalue weighted by Crippen LogP contribution is -2.33. The van der Waals surface area contributed by atoms with Crippen molar-refractivity contribution in [2.45, 2.75) is 180 Å². The zero-order valence-electron chi connectivity index (χ0n) is 44.1. The molecule has 2 fully saturated rings. The maximum Gasteiger partial charge on any atom is 0.171 e. The van der Waals surface area contributed by atoms with Gasteiger partial charge in [-0.25, -0.2) is 9.97 Å². The first-order valence-electron chi connectivity index (χ1n) is 25.8. The molecule has 0 unspecified atom stereocenters. The van der Waals surface area contributed by atoms with Crippen LogP contribution in [0.1, 0.15) is 75.6 Å². The average Bonchev–Trinajstić information content (AvgIpc) is 3.88. The highest BCUT2D eigenvalue weighted by Gasteiger charge is 2.23. The second kappa shape index (κ2) is 26.6. The highest BCUT2D eigenvalue weighted by Crippen LogP contribution is 2.30. The van der Waals surface area contributed by atoms with E-state index in [2.05, 4.69) is 133 Å². The molecule has 67 heavy (non-hydrogen) atoms. The van der Waals surface area contributed by atoms with E-state index in [1.165, 1.54) is 75.6 Å². The van der Waals surface area contributed by atoms with Crippen molar-refractivity contribution in [3.05, 3.63) is 45.6 Å². The lowest BCUT2D eigenvalue weighted by atomic mass is 9.86. The van der Waals surface area contributed by atoms with Crippen LogP contribution in [0.4, 0.5) is 11.6 Å². The Bertz CT molecular complexity index is 2010. The summed E-state index contributed by atoms with van der Waals surface area (Å²) in [6.07, 6.45) is 19.3. The van der Waals surface area contributed by atoms with Crippen LogP contribution < -0.4 is 9.80 Å². The smallest absolute Gasteiger partial charge is 0.171 e. The third kappa shape index (κ3) is 20.9. The summed E-state index contributed by atoms with van der Waals surface area (Å²) in [4.78, 5) is 14.4. The van der Waals surface area contributed by atoms with Crippen molar-refractivity contribution >= 4 is 77.8 Å². The van der Waals surface area contributed by atoms with Crippen LogP contribution in [0.25, 0.3) is 11.3 Å². The summed E-state index contributed by atoms with van der Waals surface area (Å²) in [5, 5.41) is 9.25. The van der Waals surface area contributed by atoms with Gasteiger partial charge in [0.25, 0.3) is 0 Å². The Balaban J connectivity index is 0.000000251. The first-order chi connectivity index (χ1) is 31.6. The van der Waals surface area contributed by atoms with E-state index in [1.807, 2.05) is 27.5 Å². The second-order valence-electron chi connectivity index (χ2n) is 24.4. The predicted octanol–water partition coefficient (Wildman–Crippen LogP) is 13.2. The summed E-state index contributed by atoms with van der Waals surface area (Å²) < 4.78 is 29.7. The molecule has 2 aliphatic carbocycles. The normalized spacial score (nSPS) is 15.9.